The van der Waals surface area contributed by atoms with E-state index in [1.54, 1.807) is 0 Å². The molecule has 6 heteroatoms. The molecule has 4 heterocycles. The number of nitrogens with zero attached hydrogens (tertiary/aromatic N) is 3. The summed E-state index contributed by atoms with van der Waals surface area (Å²) in [5.74, 6) is 1.69. The third-order valence-electron chi connectivity index (χ3n) is 5.74. The fraction of sp³-hybridized carbons (Fsp3) is 0.500. The summed E-state index contributed by atoms with van der Waals surface area (Å²) in [4.78, 5) is 22.9. The first-order valence-corrected chi connectivity index (χ1v) is 10.1. The number of likely N-dealkylation sites (tertiary alicyclic amines) is 1. The van der Waals surface area contributed by atoms with Crippen LogP contribution >= 0.6 is 0 Å². The summed E-state index contributed by atoms with van der Waals surface area (Å²) in [5.41, 5.74) is 4.72. The van der Waals surface area contributed by atoms with Gasteiger partial charge in [0.25, 0.3) is 5.91 Å². The van der Waals surface area contributed by atoms with Crippen LogP contribution in [0.3, 0.4) is 0 Å². The number of ether oxygens (including phenoxy) is 1. The summed E-state index contributed by atoms with van der Waals surface area (Å²) >= 11 is 0. The van der Waals surface area contributed by atoms with Gasteiger partial charge in [-0.3, -0.25) is 14.7 Å². The third-order valence-corrected chi connectivity index (χ3v) is 5.74. The summed E-state index contributed by atoms with van der Waals surface area (Å²) in [6.45, 7) is 8.60. The first kappa shape index (κ1) is 18.9. The van der Waals surface area contributed by atoms with Gasteiger partial charge in [-0.15, -0.1) is 0 Å². The molecule has 148 valence electrons. The van der Waals surface area contributed by atoms with E-state index in [0.717, 1.165) is 36.5 Å². The van der Waals surface area contributed by atoms with Crippen LogP contribution in [-0.4, -0.2) is 40.5 Å². The van der Waals surface area contributed by atoms with Gasteiger partial charge in [-0.05, 0) is 81.8 Å². The van der Waals surface area contributed by atoms with Crippen LogP contribution in [0.25, 0.3) is 0 Å². The SMILES string of the molecule is Cc1cc(C[C@H]2CCCN(C(C)c3cnc4c(c3)OCC(=O)N4)C2)cc(C)n1. The lowest BCUT2D eigenvalue weighted by Crippen LogP contribution is -2.38. The Balaban J connectivity index is 1.44. The summed E-state index contributed by atoms with van der Waals surface area (Å²) in [5, 5.41) is 2.76. The Kier molecular flexibility index (Phi) is 5.31. The number of hydrogen-bond donors (Lipinski definition) is 1. The Morgan fingerprint density at radius 1 is 1.29 bits per heavy atom. The Morgan fingerprint density at radius 3 is 2.86 bits per heavy atom. The van der Waals surface area contributed by atoms with Gasteiger partial charge in [0.15, 0.2) is 18.2 Å². The van der Waals surface area contributed by atoms with Crippen molar-refractivity contribution in [2.24, 2.45) is 5.92 Å². The molecule has 2 aliphatic rings. The van der Waals surface area contributed by atoms with Gasteiger partial charge in [0.05, 0.1) is 0 Å². The van der Waals surface area contributed by atoms with Crippen LogP contribution < -0.4 is 10.1 Å². The molecule has 1 fully saturated rings. The van der Waals surface area contributed by atoms with Crippen molar-refractivity contribution in [3.05, 3.63) is 46.9 Å². The van der Waals surface area contributed by atoms with E-state index < -0.39 is 0 Å². The van der Waals surface area contributed by atoms with Crippen molar-refractivity contribution >= 4 is 11.7 Å². The number of carbonyl (C=O) groups is 1. The van der Waals surface area contributed by atoms with Gasteiger partial charge in [-0.2, -0.15) is 0 Å². The molecular formula is C22H28N4O2. The Labute approximate surface area is 166 Å². The second-order valence-corrected chi connectivity index (χ2v) is 8.09. The fourth-order valence-electron chi connectivity index (χ4n) is 4.40. The second kappa shape index (κ2) is 7.87. The molecule has 0 saturated carbocycles. The van der Waals surface area contributed by atoms with Crippen molar-refractivity contribution in [2.75, 3.05) is 25.0 Å². The monoisotopic (exact) mass is 380 g/mol. The minimum absolute atomic E-state index is 0.0586. The molecule has 0 bridgehead atoms. The Hall–Kier alpha value is -2.47. The van der Waals surface area contributed by atoms with Crippen molar-refractivity contribution in [3.63, 3.8) is 0 Å². The highest BCUT2D eigenvalue weighted by Gasteiger charge is 2.26. The number of nitrogens with one attached hydrogen (secondary N) is 1. The van der Waals surface area contributed by atoms with E-state index >= 15 is 0 Å². The number of rotatable bonds is 4. The number of hydrogen-bond acceptors (Lipinski definition) is 5. The molecule has 28 heavy (non-hydrogen) atoms. The minimum Gasteiger partial charge on any atom is -0.480 e. The van der Waals surface area contributed by atoms with Crippen LogP contribution in [0.4, 0.5) is 5.82 Å². The maximum absolute atomic E-state index is 11.4. The van der Waals surface area contributed by atoms with Crippen molar-refractivity contribution in [1.82, 2.24) is 14.9 Å². The summed E-state index contributed by atoms with van der Waals surface area (Å²) in [6, 6.07) is 6.72. The molecule has 0 aromatic carbocycles. The second-order valence-electron chi connectivity index (χ2n) is 8.09. The molecular weight excluding hydrogens is 352 g/mol. The highest BCUT2D eigenvalue weighted by molar-refractivity contribution is 5.94. The zero-order valence-electron chi connectivity index (χ0n) is 16.9. The van der Waals surface area contributed by atoms with E-state index in [0.29, 0.717) is 17.5 Å². The van der Waals surface area contributed by atoms with Crippen LogP contribution in [0.5, 0.6) is 5.75 Å². The lowest BCUT2D eigenvalue weighted by Gasteiger charge is -2.37. The molecule has 2 atom stereocenters. The molecule has 2 aliphatic heterocycles. The maximum Gasteiger partial charge on any atom is 0.263 e. The van der Waals surface area contributed by atoms with Crippen molar-refractivity contribution in [3.8, 4) is 5.75 Å². The van der Waals surface area contributed by atoms with Gasteiger partial charge in [-0.25, -0.2) is 4.98 Å². The number of anilines is 1. The minimum atomic E-state index is -0.152. The zero-order valence-corrected chi connectivity index (χ0v) is 16.9. The highest BCUT2D eigenvalue weighted by Crippen LogP contribution is 2.32. The largest absolute Gasteiger partial charge is 0.480 e. The van der Waals surface area contributed by atoms with Gasteiger partial charge in [0, 0.05) is 30.2 Å². The number of aryl methyl sites for hydroxylation is 2. The first-order chi connectivity index (χ1) is 13.5. The van der Waals surface area contributed by atoms with E-state index in [1.807, 2.05) is 12.3 Å². The predicted molar refractivity (Wildman–Crippen MR) is 108 cm³/mol. The number of aromatic nitrogens is 2. The van der Waals surface area contributed by atoms with Gasteiger partial charge >= 0.3 is 0 Å². The first-order valence-electron chi connectivity index (χ1n) is 10.1. The molecule has 2 aromatic rings. The molecule has 1 N–H and O–H groups in total. The normalized spacial score (nSPS) is 20.8. The van der Waals surface area contributed by atoms with E-state index in [1.165, 1.54) is 18.4 Å². The van der Waals surface area contributed by atoms with E-state index in [9.17, 15) is 4.79 Å². The van der Waals surface area contributed by atoms with Gasteiger partial charge < -0.3 is 10.1 Å². The Morgan fingerprint density at radius 2 is 2.07 bits per heavy atom. The third kappa shape index (κ3) is 4.17. The topological polar surface area (TPSA) is 67.4 Å². The standard InChI is InChI=1S/C22H28N4O2/c1-14-7-18(8-15(2)24-14)9-17-5-4-6-26(12-17)16(3)19-10-20-22(23-11-19)25-21(27)13-28-20/h7-8,10-11,16-17H,4-6,9,12-13H2,1-3H3,(H,23,25,27)/t16?,17-/m1/s1. The summed E-state index contributed by atoms with van der Waals surface area (Å²) in [7, 11) is 0. The predicted octanol–water partition coefficient (Wildman–Crippen LogP) is 3.44. The molecule has 4 rings (SSSR count). The van der Waals surface area contributed by atoms with E-state index in [4.69, 9.17) is 4.74 Å². The van der Waals surface area contributed by atoms with E-state index in [2.05, 4.69) is 53.1 Å². The van der Waals surface area contributed by atoms with Gasteiger partial charge in [0.2, 0.25) is 0 Å². The quantitative estimate of drug-likeness (QED) is 0.880. The average molecular weight is 380 g/mol. The molecule has 6 nitrogen and oxygen atoms in total. The van der Waals surface area contributed by atoms with Gasteiger partial charge in [-0.1, -0.05) is 0 Å². The summed E-state index contributed by atoms with van der Waals surface area (Å²) < 4.78 is 5.54. The van der Waals surface area contributed by atoms with Crippen LogP contribution in [0.15, 0.2) is 24.4 Å². The fourth-order valence-corrected chi connectivity index (χ4v) is 4.40. The molecule has 1 unspecified atom stereocenters. The number of pyridine rings is 2. The molecule has 2 aromatic heterocycles. The number of amides is 1. The van der Waals surface area contributed by atoms with Crippen molar-refractivity contribution < 1.29 is 9.53 Å². The lowest BCUT2D eigenvalue weighted by molar-refractivity contribution is -0.118. The molecule has 0 aliphatic carbocycles. The van der Waals surface area contributed by atoms with Crippen LogP contribution in [0, 0.1) is 19.8 Å². The molecule has 1 saturated heterocycles. The highest BCUT2D eigenvalue weighted by atomic mass is 16.5. The average Bonchev–Trinajstić information content (AvgIpc) is 2.66. The van der Waals surface area contributed by atoms with Gasteiger partial charge in [0.1, 0.15) is 0 Å². The Bertz CT molecular complexity index is 863. The summed E-state index contributed by atoms with van der Waals surface area (Å²) in [6.07, 6.45) is 5.44. The van der Waals surface area contributed by atoms with Crippen LogP contribution in [-0.2, 0) is 11.2 Å². The smallest absolute Gasteiger partial charge is 0.263 e. The van der Waals surface area contributed by atoms with E-state index in [-0.39, 0.29) is 18.6 Å². The van der Waals surface area contributed by atoms with Crippen LogP contribution in [0.2, 0.25) is 0 Å². The number of carbonyl (C=O) groups excluding carboxylic acids is 1. The number of piperidine rings is 1. The van der Waals surface area contributed by atoms with Crippen molar-refractivity contribution in [2.45, 2.75) is 46.1 Å². The molecule has 0 radical (unpaired) electrons. The van der Waals surface area contributed by atoms with Crippen LogP contribution in [0.1, 0.15) is 48.3 Å². The van der Waals surface area contributed by atoms with Crippen molar-refractivity contribution in [1.29, 1.82) is 0 Å². The zero-order chi connectivity index (χ0) is 19.7. The molecule has 0 spiro atoms. The lowest BCUT2D eigenvalue weighted by atomic mass is 9.90. The number of fused-ring (bicyclic) bond motifs is 1. The molecule has 1 amide bonds. The maximum atomic E-state index is 11.4.